The Morgan fingerprint density at radius 1 is 1.35 bits per heavy atom. The number of rotatable bonds is 3. The number of likely N-dealkylation sites (tertiary alicyclic amines) is 1. The second-order valence-corrected chi connectivity index (χ2v) is 7.88. The van der Waals surface area contributed by atoms with Crippen LogP contribution in [0.15, 0.2) is 46.0 Å². The van der Waals surface area contributed by atoms with Crippen molar-refractivity contribution in [3.8, 4) is 0 Å². The van der Waals surface area contributed by atoms with Crippen molar-refractivity contribution in [1.82, 2.24) is 14.7 Å². The lowest BCUT2D eigenvalue weighted by Crippen LogP contribution is -2.43. The van der Waals surface area contributed by atoms with Gasteiger partial charge in [0.15, 0.2) is 5.84 Å². The standard InChI is InChI=1S/C17H19N5O3S/c1-2-21-11-12(10-18-21)19-17(23)14-7-5-9-22(14)16-13-6-3-4-8-15(13)26(24,25)20-16/h3-4,6,8,10-11,14H,2,5,7,9H2,1H3,(H,19,23)/t14-/m0/s1. The SMILES string of the molecule is CCn1cc(NC(=O)[C@@H]2CCCN2C2=NS(=O)(=O)c3ccccc32)cn1. The first-order valence-corrected chi connectivity index (χ1v) is 9.98. The average molecular weight is 373 g/mol. The fraction of sp³-hybridized carbons (Fsp3) is 0.353. The first kappa shape index (κ1) is 16.8. The van der Waals surface area contributed by atoms with Crippen LogP contribution in [0.3, 0.4) is 0 Å². The molecule has 1 amide bonds. The molecule has 2 aromatic rings. The highest BCUT2D eigenvalue weighted by atomic mass is 32.2. The predicted molar refractivity (Wildman–Crippen MR) is 96.4 cm³/mol. The molecule has 0 radical (unpaired) electrons. The van der Waals surface area contributed by atoms with Gasteiger partial charge in [0.25, 0.3) is 10.0 Å². The number of sulfonamides is 1. The summed E-state index contributed by atoms with van der Waals surface area (Å²) in [6.07, 6.45) is 4.82. The molecule has 1 aromatic heterocycles. The van der Waals surface area contributed by atoms with Crippen LogP contribution in [0.25, 0.3) is 0 Å². The lowest BCUT2D eigenvalue weighted by molar-refractivity contribution is -0.119. The summed E-state index contributed by atoms with van der Waals surface area (Å²) in [6.45, 7) is 3.28. The van der Waals surface area contributed by atoms with E-state index in [2.05, 4.69) is 14.8 Å². The molecule has 136 valence electrons. The van der Waals surface area contributed by atoms with Crippen molar-refractivity contribution in [3.05, 3.63) is 42.2 Å². The number of hydrogen-bond donors (Lipinski definition) is 1. The van der Waals surface area contributed by atoms with E-state index in [4.69, 9.17) is 0 Å². The minimum Gasteiger partial charge on any atom is -0.343 e. The summed E-state index contributed by atoms with van der Waals surface area (Å²) in [5, 5.41) is 7.01. The summed E-state index contributed by atoms with van der Waals surface area (Å²) in [4.78, 5) is 14.8. The van der Waals surface area contributed by atoms with Crippen LogP contribution in [0.1, 0.15) is 25.3 Å². The van der Waals surface area contributed by atoms with E-state index in [0.717, 1.165) is 13.0 Å². The molecule has 0 spiro atoms. The van der Waals surface area contributed by atoms with Crippen LogP contribution in [-0.4, -0.2) is 47.4 Å². The van der Waals surface area contributed by atoms with Gasteiger partial charge < -0.3 is 10.2 Å². The topological polar surface area (TPSA) is 96.7 Å². The number of nitrogens with one attached hydrogen (secondary N) is 1. The summed E-state index contributed by atoms with van der Waals surface area (Å²) < 4.78 is 30.3. The molecule has 0 unspecified atom stereocenters. The summed E-state index contributed by atoms with van der Waals surface area (Å²) in [5.41, 5.74) is 1.19. The third kappa shape index (κ3) is 2.78. The smallest absolute Gasteiger partial charge is 0.285 e. The molecule has 0 aliphatic carbocycles. The van der Waals surface area contributed by atoms with E-state index in [9.17, 15) is 13.2 Å². The van der Waals surface area contributed by atoms with Crippen LogP contribution in [0.4, 0.5) is 5.69 Å². The molecule has 2 aliphatic rings. The van der Waals surface area contributed by atoms with Gasteiger partial charge in [0.05, 0.1) is 11.9 Å². The van der Waals surface area contributed by atoms with Crippen molar-refractivity contribution >= 4 is 27.5 Å². The van der Waals surface area contributed by atoms with Crippen LogP contribution in [0, 0.1) is 0 Å². The molecule has 26 heavy (non-hydrogen) atoms. The predicted octanol–water partition coefficient (Wildman–Crippen LogP) is 1.45. The summed E-state index contributed by atoms with van der Waals surface area (Å²) in [6, 6.07) is 6.27. The second kappa shape index (κ2) is 6.24. The molecule has 0 saturated carbocycles. The van der Waals surface area contributed by atoms with E-state index in [1.54, 1.807) is 46.2 Å². The maximum Gasteiger partial charge on any atom is 0.285 e. The van der Waals surface area contributed by atoms with Crippen molar-refractivity contribution in [2.45, 2.75) is 37.2 Å². The van der Waals surface area contributed by atoms with E-state index >= 15 is 0 Å². The van der Waals surface area contributed by atoms with Crippen molar-refractivity contribution in [2.75, 3.05) is 11.9 Å². The Balaban J connectivity index is 1.60. The van der Waals surface area contributed by atoms with Crippen molar-refractivity contribution in [3.63, 3.8) is 0 Å². The molecular formula is C17H19N5O3S. The number of fused-ring (bicyclic) bond motifs is 1. The molecule has 1 aromatic carbocycles. The molecule has 1 saturated heterocycles. The number of aromatic nitrogens is 2. The lowest BCUT2D eigenvalue weighted by Gasteiger charge is -2.25. The second-order valence-electron chi connectivity index (χ2n) is 6.31. The first-order chi connectivity index (χ1) is 12.5. The van der Waals surface area contributed by atoms with Crippen LogP contribution < -0.4 is 5.32 Å². The summed E-state index contributed by atoms with van der Waals surface area (Å²) in [5.74, 6) is 0.185. The van der Waals surface area contributed by atoms with E-state index in [1.807, 2.05) is 6.92 Å². The number of amides is 1. The molecule has 3 heterocycles. The number of nitrogens with zero attached hydrogens (tertiary/aromatic N) is 4. The molecule has 1 atom stereocenters. The highest BCUT2D eigenvalue weighted by molar-refractivity contribution is 7.90. The Kier molecular flexibility index (Phi) is 4.03. The molecular weight excluding hydrogens is 354 g/mol. The summed E-state index contributed by atoms with van der Waals surface area (Å²) >= 11 is 0. The monoisotopic (exact) mass is 373 g/mol. The Morgan fingerprint density at radius 3 is 2.92 bits per heavy atom. The number of hydrogen-bond acceptors (Lipinski definition) is 5. The number of benzene rings is 1. The highest BCUT2D eigenvalue weighted by Gasteiger charge is 2.39. The minimum absolute atomic E-state index is 0.178. The van der Waals surface area contributed by atoms with E-state index in [0.29, 0.717) is 30.1 Å². The number of amidine groups is 1. The van der Waals surface area contributed by atoms with Gasteiger partial charge in [-0.2, -0.15) is 13.5 Å². The van der Waals surface area contributed by atoms with Gasteiger partial charge in [0, 0.05) is 24.8 Å². The zero-order valence-electron chi connectivity index (χ0n) is 14.3. The van der Waals surface area contributed by atoms with Crippen LogP contribution in [-0.2, 0) is 21.4 Å². The maximum atomic E-state index is 12.8. The summed E-state index contributed by atoms with van der Waals surface area (Å²) in [7, 11) is -3.70. The number of carbonyl (C=O) groups is 1. The maximum absolute atomic E-state index is 12.8. The molecule has 8 nitrogen and oxygen atoms in total. The van der Waals surface area contributed by atoms with Gasteiger partial charge in [-0.05, 0) is 31.9 Å². The Hall–Kier alpha value is -2.68. The van der Waals surface area contributed by atoms with Gasteiger partial charge in [-0.15, -0.1) is 4.40 Å². The van der Waals surface area contributed by atoms with Gasteiger partial charge in [0.2, 0.25) is 5.91 Å². The van der Waals surface area contributed by atoms with Crippen LogP contribution in [0.2, 0.25) is 0 Å². The van der Waals surface area contributed by atoms with Gasteiger partial charge in [-0.25, -0.2) is 0 Å². The van der Waals surface area contributed by atoms with Crippen molar-refractivity contribution in [1.29, 1.82) is 0 Å². The van der Waals surface area contributed by atoms with Gasteiger partial charge in [-0.1, -0.05) is 12.1 Å². The van der Waals surface area contributed by atoms with Gasteiger partial charge in [0.1, 0.15) is 10.9 Å². The van der Waals surface area contributed by atoms with Gasteiger partial charge >= 0.3 is 0 Å². The molecule has 0 bridgehead atoms. The molecule has 1 fully saturated rings. The Bertz CT molecular complexity index is 995. The largest absolute Gasteiger partial charge is 0.343 e. The quantitative estimate of drug-likeness (QED) is 0.878. The van der Waals surface area contributed by atoms with Crippen molar-refractivity contribution in [2.24, 2.45) is 4.40 Å². The van der Waals surface area contributed by atoms with E-state index in [1.165, 1.54) is 0 Å². The van der Waals surface area contributed by atoms with Crippen molar-refractivity contribution < 1.29 is 13.2 Å². The Morgan fingerprint density at radius 2 is 2.15 bits per heavy atom. The molecule has 1 N–H and O–H groups in total. The minimum atomic E-state index is -3.70. The van der Waals surface area contributed by atoms with Crippen LogP contribution in [0.5, 0.6) is 0 Å². The van der Waals surface area contributed by atoms with E-state index in [-0.39, 0.29) is 10.8 Å². The average Bonchev–Trinajstić information content (AvgIpc) is 3.33. The fourth-order valence-corrected chi connectivity index (χ4v) is 4.63. The normalized spacial score (nSPS) is 20.7. The highest BCUT2D eigenvalue weighted by Crippen LogP contribution is 2.31. The number of aryl methyl sites for hydroxylation is 1. The van der Waals surface area contributed by atoms with E-state index < -0.39 is 16.1 Å². The molecule has 4 rings (SSSR count). The third-order valence-corrected chi connectivity index (χ3v) is 5.99. The third-order valence-electron chi connectivity index (χ3n) is 4.66. The first-order valence-electron chi connectivity index (χ1n) is 8.54. The van der Waals surface area contributed by atoms with Crippen LogP contribution >= 0.6 is 0 Å². The molecule has 9 heteroatoms. The number of anilines is 1. The van der Waals surface area contributed by atoms with Gasteiger partial charge in [-0.3, -0.25) is 9.48 Å². The lowest BCUT2D eigenvalue weighted by atomic mass is 10.1. The zero-order valence-corrected chi connectivity index (χ0v) is 15.1. The Labute approximate surface area is 151 Å². The number of carbonyl (C=O) groups excluding carboxylic acids is 1. The fourth-order valence-electron chi connectivity index (χ4n) is 3.42. The molecule has 2 aliphatic heterocycles. The zero-order chi connectivity index (χ0) is 18.3.